The van der Waals surface area contributed by atoms with Gasteiger partial charge in [-0.3, -0.25) is 0 Å². The third-order valence-electron chi connectivity index (χ3n) is 3.94. The second-order valence-corrected chi connectivity index (χ2v) is 5.27. The average Bonchev–Trinajstić information content (AvgIpc) is 2.94. The number of hydrogen-bond donors (Lipinski definition) is 3. The van der Waals surface area contributed by atoms with Crippen LogP contribution >= 0.6 is 0 Å². The van der Waals surface area contributed by atoms with Gasteiger partial charge in [0.15, 0.2) is 5.65 Å². The molecule has 0 aliphatic carbocycles. The molecule has 1 aliphatic rings. The molecule has 0 bridgehead atoms. The molecule has 0 saturated carbocycles. The van der Waals surface area contributed by atoms with Crippen LogP contribution < -0.4 is 16.8 Å². The SMILES string of the molecule is C=C/C(=C\N)c1cnn2c(N)cc(C3CCCNC3)nc12. The van der Waals surface area contributed by atoms with Crippen molar-refractivity contribution in [3.8, 4) is 0 Å². The molecule has 5 N–H and O–H groups in total. The van der Waals surface area contributed by atoms with E-state index in [1.165, 1.54) is 6.20 Å². The normalized spacial score (nSPS) is 19.8. The number of nitrogens with one attached hydrogen (secondary N) is 1. The first-order valence-electron chi connectivity index (χ1n) is 7.14. The first kappa shape index (κ1) is 13.6. The van der Waals surface area contributed by atoms with E-state index in [-0.39, 0.29) is 0 Å². The van der Waals surface area contributed by atoms with Gasteiger partial charge in [0.25, 0.3) is 0 Å². The third-order valence-corrected chi connectivity index (χ3v) is 3.94. The minimum absolute atomic E-state index is 0.392. The fourth-order valence-electron chi connectivity index (χ4n) is 2.79. The number of hydrogen-bond acceptors (Lipinski definition) is 5. The summed E-state index contributed by atoms with van der Waals surface area (Å²) in [4.78, 5) is 4.77. The quantitative estimate of drug-likeness (QED) is 0.738. The van der Waals surface area contributed by atoms with Crippen LogP contribution in [-0.4, -0.2) is 27.7 Å². The lowest BCUT2D eigenvalue weighted by Crippen LogP contribution is -2.29. The molecule has 1 atom stereocenters. The number of piperidine rings is 1. The van der Waals surface area contributed by atoms with Crippen molar-refractivity contribution < 1.29 is 0 Å². The Balaban J connectivity index is 2.12. The Morgan fingerprint density at radius 2 is 2.38 bits per heavy atom. The molecule has 0 amide bonds. The molecule has 0 aromatic carbocycles. The zero-order valence-corrected chi connectivity index (χ0v) is 11.9. The van der Waals surface area contributed by atoms with Gasteiger partial charge in [0, 0.05) is 35.9 Å². The number of allylic oxidation sites excluding steroid dienone is 2. The van der Waals surface area contributed by atoms with Gasteiger partial charge in [-0.1, -0.05) is 12.7 Å². The summed E-state index contributed by atoms with van der Waals surface area (Å²) in [5.41, 5.74) is 15.2. The molecule has 2 aromatic rings. The minimum Gasteiger partial charge on any atom is -0.404 e. The van der Waals surface area contributed by atoms with Crippen molar-refractivity contribution in [3.05, 3.63) is 42.4 Å². The van der Waals surface area contributed by atoms with E-state index in [9.17, 15) is 0 Å². The molecule has 2 aromatic heterocycles. The van der Waals surface area contributed by atoms with Crippen molar-refractivity contribution in [1.29, 1.82) is 0 Å². The predicted molar refractivity (Wildman–Crippen MR) is 84.6 cm³/mol. The summed E-state index contributed by atoms with van der Waals surface area (Å²) in [5, 5.41) is 7.69. The van der Waals surface area contributed by atoms with E-state index in [1.54, 1.807) is 16.8 Å². The topological polar surface area (TPSA) is 94.3 Å². The van der Waals surface area contributed by atoms with Gasteiger partial charge in [0.05, 0.1) is 11.9 Å². The number of nitrogens with zero attached hydrogens (tertiary/aromatic N) is 3. The molecule has 0 radical (unpaired) electrons. The van der Waals surface area contributed by atoms with E-state index in [0.717, 1.165) is 48.4 Å². The van der Waals surface area contributed by atoms with E-state index in [0.29, 0.717) is 11.7 Å². The first-order valence-corrected chi connectivity index (χ1v) is 7.14. The maximum absolute atomic E-state index is 6.12. The van der Waals surface area contributed by atoms with Crippen LogP contribution in [0.1, 0.15) is 30.0 Å². The number of nitrogens with two attached hydrogens (primary N) is 2. The number of nitrogen functional groups attached to an aromatic ring is 1. The highest BCUT2D eigenvalue weighted by Gasteiger charge is 2.19. The molecular weight excluding hydrogens is 264 g/mol. The van der Waals surface area contributed by atoms with Gasteiger partial charge >= 0.3 is 0 Å². The second-order valence-electron chi connectivity index (χ2n) is 5.27. The number of aromatic nitrogens is 3. The van der Waals surface area contributed by atoms with Crippen molar-refractivity contribution in [2.75, 3.05) is 18.8 Å². The van der Waals surface area contributed by atoms with Gasteiger partial charge in [0.1, 0.15) is 5.82 Å². The zero-order chi connectivity index (χ0) is 14.8. The van der Waals surface area contributed by atoms with Crippen molar-refractivity contribution >= 4 is 17.0 Å². The molecule has 3 heterocycles. The third kappa shape index (κ3) is 2.38. The highest BCUT2D eigenvalue weighted by Crippen LogP contribution is 2.26. The molecule has 6 heteroatoms. The van der Waals surface area contributed by atoms with Gasteiger partial charge in [0.2, 0.25) is 0 Å². The summed E-state index contributed by atoms with van der Waals surface area (Å²) in [6.07, 6.45) is 7.21. The highest BCUT2D eigenvalue weighted by atomic mass is 15.3. The maximum Gasteiger partial charge on any atom is 0.165 e. The summed E-state index contributed by atoms with van der Waals surface area (Å²) >= 11 is 0. The van der Waals surface area contributed by atoms with Crippen molar-refractivity contribution in [3.63, 3.8) is 0 Å². The summed E-state index contributed by atoms with van der Waals surface area (Å²) in [6, 6.07) is 1.92. The van der Waals surface area contributed by atoms with Crippen LogP contribution in [0, 0.1) is 0 Å². The Hall–Kier alpha value is -2.34. The fraction of sp³-hybridized carbons (Fsp3) is 0.333. The Morgan fingerprint density at radius 1 is 1.52 bits per heavy atom. The molecule has 3 rings (SSSR count). The smallest absolute Gasteiger partial charge is 0.165 e. The standard InChI is InChI=1S/C15H20N6/c1-2-10(7-16)12-9-19-21-14(17)6-13(20-15(12)21)11-4-3-5-18-8-11/h2,6-7,9,11,18H,1,3-5,8,16-17H2/b10-7+. The molecule has 1 fully saturated rings. The molecule has 110 valence electrons. The Bertz CT molecular complexity index is 693. The van der Waals surface area contributed by atoms with E-state index in [2.05, 4.69) is 17.0 Å². The van der Waals surface area contributed by atoms with Crippen LogP contribution in [-0.2, 0) is 0 Å². The second kappa shape index (κ2) is 5.57. The highest BCUT2D eigenvalue weighted by molar-refractivity contribution is 5.81. The Kier molecular flexibility index (Phi) is 3.62. The maximum atomic E-state index is 6.12. The van der Waals surface area contributed by atoms with Gasteiger partial charge in [-0.25, -0.2) is 4.98 Å². The average molecular weight is 284 g/mol. The first-order chi connectivity index (χ1) is 10.2. The summed E-state index contributed by atoms with van der Waals surface area (Å²) < 4.78 is 1.64. The van der Waals surface area contributed by atoms with Crippen molar-refractivity contribution in [2.24, 2.45) is 5.73 Å². The van der Waals surface area contributed by atoms with E-state index in [1.807, 2.05) is 6.07 Å². The summed E-state index contributed by atoms with van der Waals surface area (Å²) in [7, 11) is 0. The van der Waals surface area contributed by atoms with E-state index >= 15 is 0 Å². The molecule has 1 unspecified atom stereocenters. The van der Waals surface area contributed by atoms with Crippen LogP contribution in [0.4, 0.5) is 5.82 Å². The van der Waals surface area contributed by atoms with Crippen molar-refractivity contribution in [2.45, 2.75) is 18.8 Å². The van der Waals surface area contributed by atoms with Crippen LogP contribution in [0.5, 0.6) is 0 Å². The minimum atomic E-state index is 0.392. The number of anilines is 1. The Labute approximate surface area is 123 Å². The fourth-order valence-corrected chi connectivity index (χ4v) is 2.79. The van der Waals surface area contributed by atoms with Crippen LogP contribution in [0.25, 0.3) is 11.2 Å². The van der Waals surface area contributed by atoms with Crippen LogP contribution in [0.3, 0.4) is 0 Å². The van der Waals surface area contributed by atoms with Gasteiger partial charge < -0.3 is 16.8 Å². The molecule has 6 nitrogen and oxygen atoms in total. The molecule has 1 aliphatic heterocycles. The molecular formula is C15H20N6. The van der Waals surface area contributed by atoms with E-state index in [4.69, 9.17) is 16.5 Å². The number of rotatable bonds is 3. The lowest BCUT2D eigenvalue weighted by Gasteiger charge is -2.22. The number of fused-ring (bicyclic) bond motifs is 1. The van der Waals surface area contributed by atoms with Crippen LogP contribution in [0.2, 0.25) is 0 Å². The zero-order valence-electron chi connectivity index (χ0n) is 11.9. The molecule has 21 heavy (non-hydrogen) atoms. The molecule has 0 spiro atoms. The van der Waals surface area contributed by atoms with E-state index < -0.39 is 0 Å². The summed E-state index contributed by atoms with van der Waals surface area (Å²) in [5.74, 6) is 0.982. The molecule has 1 saturated heterocycles. The Morgan fingerprint density at radius 3 is 3.05 bits per heavy atom. The van der Waals surface area contributed by atoms with Gasteiger partial charge in [-0.2, -0.15) is 9.61 Å². The van der Waals surface area contributed by atoms with Gasteiger partial charge in [-0.05, 0) is 19.4 Å². The van der Waals surface area contributed by atoms with Crippen LogP contribution in [0.15, 0.2) is 31.1 Å². The summed E-state index contributed by atoms with van der Waals surface area (Å²) in [6.45, 7) is 5.78. The largest absolute Gasteiger partial charge is 0.404 e. The lowest BCUT2D eigenvalue weighted by molar-refractivity contribution is 0.455. The van der Waals surface area contributed by atoms with Gasteiger partial charge in [-0.15, -0.1) is 0 Å². The lowest BCUT2D eigenvalue weighted by atomic mass is 9.96. The monoisotopic (exact) mass is 284 g/mol. The van der Waals surface area contributed by atoms with Crippen molar-refractivity contribution in [1.82, 2.24) is 19.9 Å². The predicted octanol–water partition coefficient (Wildman–Crippen LogP) is 1.26.